The molecule has 5 aromatic carbocycles. The number of anilines is 2. The van der Waals surface area contributed by atoms with E-state index in [4.69, 9.17) is 0 Å². The number of carbonyl (C=O) groups is 5. The summed E-state index contributed by atoms with van der Waals surface area (Å²) in [5, 5.41) is 7.86. The monoisotopic (exact) mass is 665 g/mol. The van der Waals surface area contributed by atoms with Crippen LogP contribution in [-0.2, 0) is 9.59 Å². The smallest absolute Gasteiger partial charge is 0.272 e. The van der Waals surface area contributed by atoms with Crippen LogP contribution in [0.3, 0.4) is 0 Å². The minimum Gasteiger partial charge on any atom is -0.324 e. The molecule has 9 heteroatoms. The van der Waals surface area contributed by atoms with Crippen molar-refractivity contribution < 1.29 is 24.0 Å². The molecule has 0 aliphatic heterocycles. The maximum absolute atomic E-state index is 13.6. The zero-order chi connectivity index (χ0) is 34.5. The number of nitrogens with one attached hydrogen (secondary N) is 3. The molecule has 1 atom stereocenters. The first-order valence-corrected chi connectivity index (χ1v) is 16.4. The lowest BCUT2D eigenvalue weighted by Gasteiger charge is -2.21. The molecule has 6 rings (SSSR count). The summed E-state index contributed by atoms with van der Waals surface area (Å²) < 4.78 is 0. The topological polar surface area (TPSA) is 121 Å². The van der Waals surface area contributed by atoms with E-state index in [-0.39, 0.29) is 40.0 Å². The van der Waals surface area contributed by atoms with Crippen molar-refractivity contribution >= 4 is 58.5 Å². The number of carbonyl (C=O) groups excluding carboxylic acids is 5. The van der Waals surface area contributed by atoms with Crippen LogP contribution in [0.1, 0.15) is 60.3 Å². The Labute approximate surface area is 287 Å². The van der Waals surface area contributed by atoms with Crippen LogP contribution in [0, 0.1) is 6.92 Å². The predicted octanol–water partition coefficient (Wildman–Crippen LogP) is 7.30. The Hall–Kier alpha value is -6.06. The minimum atomic E-state index is -0.606. The third-order valence-corrected chi connectivity index (χ3v) is 9.10. The first-order chi connectivity index (χ1) is 23.7. The van der Waals surface area contributed by atoms with Crippen LogP contribution in [0.25, 0.3) is 6.08 Å². The van der Waals surface area contributed by atoms with Crippen molar-refractivity contribution in [3.05, 3.63) is 166 Å². The first kappa shape index (κ1) is 32.9. The number of aryl methyl sites for hydroxylation is 1. The fourth-order valence-corrected chi connectivity index (χ4v) is 6.36. The van der Waals surface area contributed by atoms with E-state index >= 15 is 0 Å². The SMILES string of the molecule is Cc1ccccc1/C=C(/NC(=O)c1ccccc1)C(=O)Nc1cccc(SC(C)C(=O)Nc2cccc3c2C(=O)c2ccccc2C3=O)c1. The molecule has 8 nitrogen and oxygen atoms in total. The van der Waals surface area contributed by atoms with Crippen LogP contribution in [0.4, 0.5) is 11.4 Å². The molecule has 5 aromatic rings. The van der Waals surface area contributed by atoms with Crippen molar-refractivity contribution in [1.82, 2.24) is 5.32 Å². The van der Waals surface area contributed by atoms with Crippen LogP contribution in [0.15, 0.2) is 132 Å². The van der Waals surface area contributed by atoms with E-state index in [2.05, 4.69) is 16.0 Å². The number of rotatable bonds is 9. The number of hydrogen-bond acceptors (Lipinski definition) is 6. The summed E-state index contributed by atoms with van der Waals surface area (Å²) in [4.78, 5) is 67.1. The quantitative estimate of drug-likeness (QED) is 0.110. The normalized spacial score (nSPS) is 12.7. The third-order valence-electron chi connectivity index (χ3n) is 8.00. The van der Waals surface area contributed by atoms with Crippen LogP contribution in [0.2, 0.25) is 0 Å². The van der Waals surface area contributed by atoms with Gasteiger partial charge >= 0.3 is 0 Å². The van der Waals surface area contributed by atoms with Gasteiger partial charge in [0.25, 0.3) is 11.8 Å². The maximum atomic E-state index is 13.6. The van der Waals surface area contributed by atoms with Crippen molar-refractivity contribution in [1.29, 1.82) is 0 Å². The van der Waals surface area contributed by atoms with Crippen molar-refractivity contribution in [2.24, 2.45) is 0 Å². The first-order valence-electron chi connectivity index (χ1n) is 15.5. The van der Waals surface area contributed by atoms with Gasteiger partial charge in [0.1, 0.15) is 5.70 Å². The maximum Gasteiger partial charge on any atom is 0.272 e. The summed E-state index contributed by atoms with van der Waals surface area (Å²) in [6.07, 6.45) is 1.63. The number of ketones is 2. The summed E-state index contributed by atoms with van der Waals surface area (Å²) in [7, 11) is 0. The highest BCUT2D eigenvalue weighted by Gasteiger charge is 2.32. The fraction of sp³-hybridized carbons (Fsp3) is 0.0750. The number of fused-ring (bicyclic) bond motifs is 2. The molecule has 0 saturated heterocycles. The lowest BCUT2D eigenvalue weighted by molar-refractivity contribution is -0.115. The molecular weight excluding hydrogens is 635 g/mol. The molecule has 242 valence electrons. The Bertz CT molecular complexity index is 2160. The average molecular weight is 666 g/mol. The van der Waals surface area contributed by atoms with Crippen LogP contribution < -0.4 is 16.0 Å². The molecule has 0 bridgehead atoms. The van der Waals surface area contributed by atoms with Crippen LogP contribution >= 0.6 is 11.8 Å². The highest BCUT2D eigenvalue weighted by atomic mass is 32.2. The number of amides is 3. The van der Waals surface area contributed by atoms with E-state index in [9.17, 15) is 24.0 Å². The van der Waals surface area contributed by atoms with Gasteiger partial charge in [0, 0.05) is 32.8 Å². The molecule has 0 aromatic heterocycles. The Morgan fingerprint density at radius 2 is 1.35 bits per heavy atom. The molecule has 0 saturated carbocycles. The Morgan fingerprint density at radius 1 is 0.694 bits per heavy atom. The van der Waals surface area contributed by atoms with E-state index in [0.29, 0.717) is 27.3 Å². The average Bonchev–Trinajstić information content (AvgIpc) is 3.11. The largest absolute Gasteiger partial charge is 0.324 e. The second-order valence-electron chi connectivity index (χ2n) is 11.4. The van der Waals surface area contributed by atoms with Gasteiger partial charge in [-0.2, -0.15) is 0 Å². The van der Waals surface area contributed by atoms with Gasteiger partial charge in [-0.25, -0.2) is 0 Å². The molecule has 3 N–H and O–H groups in total. The molecule has 1 aliphatic carbocycles. The van der Waals surface area contributed by atoms with Crippen molar-refractivity contribution in [2.75, 3.05) is 10.6 Å². The zero-order valence-corrected chi connectivity index (χ0v) is 27.5. The molecule has 49 heavy (non-hydrogen) atoms. The highest BCUT2D eigenvalue weighted by Crippen LogP contribution is 2.33. The number of thioether (sulfide) groups is 1. The fourth-order valence-electron chi connectivity index (χ4n) is 5.43. The van der Waals surface area contributed by atoms with E-state index in [1.807, 2.05) is 37.3 Å². The standard InChI is InChI=1S/C40H31N3O5S/c1-24-12-6-7-15-27(24)22-34(43-39(47)26-13-4-3-5-14-26)40(48)41-28-16-10-17-29(23-28)49-25(2)38(46)42-33-21-11-20-32-35(33)37(45)31-19-9-8-18-30(31)36(32)44/h3-23,25H,1-2H3,(H,41,48)(H,42,46)(H,43,47)/b34-22+. The molecule has 1 aliphatic rings. The van der Waals surface area contributed by atoms with Crippen molar-refractivity contribution in [3.63, 3.8) is 0 Å². The number of hydrogen-bond donors (Lipinski definition) is 3. The molecule has 0 heterocycles. The van der Waals surface area contributed by atoms with Gasteiger partial charge in [-0.15, -0.1) is 11.8 Å². The van der Waals surface area contributed by atoms with Crippen LogP contribution in [0.5, 0.6) is 0 Å². The lowest BCUT2D eigenvalue weighted by Crippen LogP contribution is -2.30. The van der Waals surface area contributed by atoms with Crippen LogP contribution in [-0.4, -0.2) is 34.5 Å². The van der Waals surface area contributed by atoms with E-state index < -0.39 is 17.1 Å². The molecule has 1 unspecified atom stereocenters. The molecule has 3 amide bonds. The van der Waals surface area contributed by atoms with Gasteiger partial charge in [-0.05, 0) is 67.4 Å². The van der Waals surface area contributed by atoms with Crippen molar-refractivity contribution in [3.8, 4) is 0 Å². The Morgan fingerprint density at radius 3 is 2.10 bits per heavy atom. The minimum absolute atomic E-state index is 0.0656. The van der Waals surface area contributed by atoms with E-state index in [1.54, 1.807) is 104 Å². The number of benzene rings is 5. The third kappa shape index (κ3) is 7.27. The Kier molecular flexibility index (Phi) is 9.64. The second kappa shape index (κ2) is 14.4. The van der Waals surface area contributed by atoms with Gasteiger partial charge in [0.2, 0.25) is 5.91 Å². The van der Waals surface area contributed by atoms with E-state index in [0.717, 1.165) is 11.1 Å². The summed E-state index contributed by atoms with van der Waals surface area (Å²) in [5.41, 5.74) is 4.00. The van der Waals surface area contributed by atoms with Crippen molar-refractivity contribution in [2.45, 2.75) is 24.0 Å². The molecular formula is C40H31N3O5S. The second-order valence-corrected chi connectivity index (χ2v) is 12.8. The molecule has 0 radical (unpaired) electrons. The summed E-state index contributed by atoms with van der Waals surface area (Å²) in [6, 6.07) is 34.7. The molecule has 0 spiro atoms. The highest BCUT2D eigenvalue weighted by molar-refractivity contribution is 8.00. The lowest BCUT2D eigenvalue weighted by atomic mass is 9.83. The van der Waals surface area contributed by atoms with Gasteiger partial charge < -0.3 is 16.0 Å². The molecule has 0 fully saturated rings. The van der Waals surface area contributed by atoms with Gasteiger partial charge in [-0.1, -0.05) is 84.9 Å². The van der Waals surface area contributed by atoms with Gasteiger partial charge in [-0.3, -0.25) is 24.0 Å². The summed E-state index contributed by atoms with van der Waals surface area (Å²) in [6.45, 7) is 3.65. The predicted molar refractivity (Wildman–Crippen MR) is 192 cm³/mol. The summed E-state index contributed by atoms with van der Waals surface area (Å²) >= 11 is 1.26. The Balaban J connectivity index is 1.17. The summed E-state index contributed by atoms with van der Waals surface area (Å²) in [5.74, 6) is -1.89. The van der Waals surface area contributed by atoms with Gasteiger partial charge in [0.05, 0.1) is 16.5 Å². The van der Waals surface area contributed by atoms with E-state index in [1.165, 1.54) is 11.8 Å². The zero-order valence-electron chi connectivity index (χ0n) is 26.7. The van der Waals surface area contributed by atoms with Gasteiger partial charge in [0.15, 0.2) is 11.6 Å².